The Morgan fingerprint density at radius 3 is 2.69 bits per heavy atom. The zero-order valence-electron chi connectivity index (χ0n) is 16.6. The molecule has 2 N–H and O–H groups in total. The number of nitrogens with zero attached hydrogens (tertiary/aromatic N) is 2. The van der Waals surface area contributed by atoms with Crippen LogP contribution in [-0.4, -0.2) is 63.0 Å². The summed E-state index contributed by atoms with van der Waals surface area (Å²) in [6.45, 7) is 1.14. The predicted octanol–water partition coefficient (Wildman–Crippen LogP) is 2.28. The molecule has 7 nitrogen and oxygen atoms in total. The average Bonchev–Trinajstić information content (AvgIpc) is 2.67. The van der Waals surface area contributed by atoms with Gasteiger partial charge in [0.2, 0.25) is 5.91 Å². The lowest BCUT2D eigenvalue weighted by Gasteiger charge is -2.24. The maximum atomic E-state index is 12.6. The molecule has 1 aromatic carbocycles. The van der Waals surface area contributed by atoms with Gasteiger partial charge in [-0.05, 0) is 25.3 Å². The SMILES string of the molecule is CN(C)C(=O)CNC(=NCc1ccccc1OC(F)(F)F)NCC1CCCCO1. The van der Waals surface area contributed by atoms with E-state index in [1.807, 2.05) is 0 Å². The fourth-order valence-corrected chi connectivity index (χ4v) is 2.69. The van der Waals surface area contributed by atoms with E-state index in [1.165, 1.54) is 23.1 Å². The number of nitrogens with one attached hydrogen (secondary N) is 2. The number of carbonyl (C=O) groups is 1. The Labute approximate surface area is 168 Å². The molecule has 2 rings (SSSR count). The highest BCUT2D eigenvalue weighted by atomic mass is 19.4. The number of carbonyl (C=O) groups excluding carboxylic acids is 1. The van der Waals surface area contributed by atoms with Gasteiger partial charge in [0, 0.05) is 32.8 Å². The van der Waals surface area contributed by atoms with E-state index in [4.69, 9.17) is 4.74 Å². The van der Waals surface area contributed by atoms with Crippen LogP contribution in [0.2, 0.25) is 0 Å². The molecule has 1 aliphatic heterocycles. The number of rotatable bonds is 7. The number of likely N-dealkylation sites (N-methyl/N-ethyl adjacent to an activating group) is 1. The van der Waals surface area contributed by atoms with Crippen molar-refractivity contribution in [1.29, 1.82) is 0 Å². The molecule has 0 aromatic heterocycles. The minimum absolute atomic E-state index is 0.00501. The lowest BCUT2D eigenvalue weighted by molar-refractivity contribution is -0.274. The topological polar surface area (TPSA) is 75.2 Å². The normalized spacial score (nSPS) is 17.6. The van der Waals surface area contributed by atoms with Gasteiger partial charge in [0.15, 0.2) is 5.96 Å². The van der Waals surface area contributed by atoms with Crippen LogP contribution in [0.5, 0.6) is 5.75 Å². The molecule has 1 aromatic rings. The Balaban J connectivity index is 2.06. The van der Waals surface area contributed by atoms with Gasteiger partial charge in [-0.15, -0.1) is 13.2 Å². The molecule has 0 spiro atoms. The predicted molar refractivity (Wildman–Crippen MR) is 103 cm³/mol. The van der Waals surface area contributed by atoms with Crippen molar-refractivity contribution >= 4 is 11.9 Å². The smallest absolute Gasteiger partial charge is 0.405 e. The molecular weight excluding hydrogens is 389 g/mol. The van der Waals surface area contributed by atoms with E-state index < -0.39 is 6.36 Å². The molecular formula is C19H27F3N4O3. The van der Waals surface area contributed by atoms with Crippen molar-refractivity contribution in [2.75, 3.05) is 33.8 Å². The molecule has 1 heterocycles. The molecule has 1 aliphatic rings. The maximum absolute atomic E-state index is 12.6. The van der Waals surface area contributed by atoms with E-state index in [1.54, 1.807) is 20.2 Å². The monoisotopic (exact) mass is 416 g/mol. The van der Waals surface area contributed by atoms with E-state index in [0.717, 1.165) is 19.3 Å². The van der Waals surface area contributed by atoms with Gasteiger partial charge in [-0.1, -0.05) is 18.2 Å². The summed E-state index contributed by atoms with van der Waals surface area (Å²) in [4.78, 5) is 17.6. The molecule has 1 atom stereocenters. The summed E-state index contributed by atoms with van der Waals surface area (Å²) in [6.07, 6.45) is -1.73. The van der Waals surface area contributed by atoms with Crippen LogP contribution in [0.25, 0.3) is 0 Å². The molecule has 1 fully saturated rings. The first-order valence-corrected chi connectivity index (χ1v) is 9.42. The minimum Gasteiger partial charge on any atom is -0.405 e. The van der Waals surface area contributed by atoms with Crippen LogP contribution < -0.4 is 15.4 Å². The molecule has 0 aliphatic carbocycles. The number of aliphatic imine (C=N–C) groups is 1. The second kappa shape index (κ2) is 10.9. The van der Waals surface area contributed by atoms with Crippen molar-refractivity contribution in [3.05, 3.63) is 29.8 Å². The highest BCUT2D eigenvalue weighted by Gasteiger charge is 2.31. The standard InChI is InChI=1S/C19H27F3N4O3/c1-26(2)17(27)13-25-18(24-12-15-8-5-6-10-28-15)23-11-14-7-3-4-9-16(14)29-19(20,21)22/h3-4,7,9,15H,5-6,8,10-13H2,1-2H3,(H2,23,24,25). The fourth-order valence-electron chi connectivity index (χ4n) is 2.69. The number of halogens is 3. The third-order valence-electron chi connectivity index (χ3n) is 4.28. The van der Waals surface area contributed by atoms with Crippen molar-refractivity contribution in [3.63, 3.8) is 0 Å². The first-order chi connectivity index (χ1) is 13.7. The lowest BCUT2D eigenvalue weighted by Crippen LogP contribution is -2.45. The average molecular weight is 416 g/mol. The van der Waals surface area contributed by atoms with Gasteiger partial charge in [0.25, 0.3) is 0 Å². The van der Waals surface area contributed by atoms with E-state index >= 15 is 0 Å². The summed E-state index contributed by atoms with van der Waals surface area (Å²) in [5, 5.41) is 6.01. The van der Waals surface area contributed by atoms with Gasteiger partial charge in [0.1, 0.15) is 5.75 Å². The van der Waals surface area contributed by atoms with E-state index in [0.29, 0.717) is 19.1 Å². The van der Waals surface area contributed by atoms with Crippen LogP contribution in [0.4, 0.5) is 13.2 Å². The summed E-state index contributed by atoms with van der Waals surface area (Å²) in [6, 6.07) is 5.82. The Hall–Kier alpha value is -2.49. The summed E-state index contributed by atoms with van der Waals surface area (Å²) < 4.78 is 47.5. The third kappa shape index (κ3) is 8.59. The number of benzene rings is 1. The molecule has 1 amide bonds. The number of hydrogen-bond donors (Lipinski definition) is 2. The zero-order chi connectivity index (χ0) is 21.3. The Kier molecular flexibility index (Phi) is 8.56. The molecule has 1 unspecified atom stereocenters. The second-order valence-electron chi connectivity index (χ2n) is 6.83. The van der Waals surface area contributed by atoms with Crippen molar-refractivity contribution in [2.45, 2.75) is 38.3 Å². The van der Waals surface area contributed by atoms with Crippen LogP contribution in [-0.2, 0) is 16.1 Å². The van der Waals surface area contributed by atoms with Crippen molar-refractivity contribution in [3.8, 4) is 5.75 Å². The van der Waals surface area contributed by atoms with Crippen molar-refractivity contribution in [2.24, 2.45) is 4.99 Å². The number of para-hydroxylation sites is 1. The summed E-state index contributed by atoms with van der Waals surface area (Å²) >= 11 is 0. The Morgan fingerprint density at radius 2 is 2.03 bits per heavy atom. The molecule has 29 heavy (non-hydrogen) atoms. The van der Waals surface area contributed by atoms with E-state index in [9.17, 15) is 18.0 Å². The molecule has 162 valence electrons. The minimum atomic E-state index is -4.78. The highest BCUT2D eigenvalue weighted by Crippen LogP contribution is 2.26. The molecule has 10 heteroatoms. The van der Waals surface area contributed by atoms with Gasteiger partial charge in [0.05, 0.1) is 19.2 Å². The molecule has 0 radical (unpaired) electrons. The molecule has 1 saturated heterocycles. The summed E-state index contributed by atoms with van der Waals surface area (Å²) in [7, 11) is 3.27. The van der Waals surface area contributed by atoms with Crippen LogP contribution in [0.3, 0.4) is 0 Å². The fraction of sp³-hybridized carbons (Fsp3) is 0.579. The van der Waals surface area contributed by atoms with Crippen LogP contribution in [0.15, 0.2) is 29.3 Å². The number of ether oxygens (including phenoxy) is 2. The Bertz CT molecular complexity index is 690. The number of alkyl halides is 3. The quantitative estimate of drug-likeness (QED) is 0.527. The first-order valence-electron chi connectivity index (χ1n) is 9.42. The number of guanidine groups is 1. The second-order valence-corrected chi connectivity index (χ2v) is 6.83. The maximum Gasteiger partial charge on any atom is 0.573 e. The van der Waals surface area contributed by atoms with E-state index in [-0.39, 0.29) is 36.4 Å². The van der Waals surface area contributed by atoms with Crippen LogP contribution in [0.1, 0.15) is 24.8 Å². The summed E-state index contributed by atoms with van der Waals surface area (Å²) in [5.41, 5.74) is 0.277. The van der Waals surface area contributed by atoms with Gasteiger partial charge >= 0.3 is 6.36 Å². The number of amides is 1. The summed E-state index contributed by atoms with van der Waals surface area (Å²) in [5.74, 6) is -0.145. The zero-order valence-corrected chi connectivity index (χ0v) is 16.6. The van der Waals surface area contributed by atoms with Crippen molar-refractivity contribution in [1.82, 2.24) is 15.5 Å². The largest absolute Gasteiger partial charge is 0.573 e. The lowest BCUT2D eigenvalue weighted by atomic mass is 10.1. The Morgan fingerprint density at radius 1 is 1.28 bits per heavy atom. The van der Waals surface area contributed by atoms with Crippen molar-refractivity contribution < 1.29 is 27.4 Å². The first kappa shape index (κ1) is 22.8. The van der Waals surface area contributed by atoms with Gasteiger partial charge in [-0.25, -0.2) is 4.99 Å². The highest BCUT2D eigenvalue weighted by molar-refractivity contribution is 5.86. The van der Waals surface area contributed by atoms with Gasteiger partial charge in [-0.3, -0.25) is 4.79 Å². The molecule has 0 saturated carbocycles. The third-order valence-corrected chi connectivity index (χ3v) is 4.28. The van der Waals surface area contributed by atoms with Gasteiger partial charge in [-0.2, -0.15) is 0 Å². The van der Waals surface area contributed by atoms with Crippen LogP contribution >= 0.6 is 0 Å². The molecule has 0 bridgehead atoms. The van der Waals surface area contributed by atoms with Crippen LogP contribution in [0, 0.1) is 0 Å². The van der Waals surface area contributed by atoms with E-state index in [2.05, 4.69) is 20.4 Å². The number of hydrogen-bond acceptors (Lipinski definition) is 4. The van der Waals surface area contributed by atoms with Gasteiger partial charge < -0.3 is 25.0 Å².